The Labute approximate surface area is 195 Å². The average Bonchev–Trinajstić information content (AvgIpc) is 3.29. The molecule has 3 aliphatic rings. The molecule has 3 aliphatic heterocycles. The fourth-order valence-corrected chi connectivity index (χ4v) is 4.98. The number of hydrogen-bond donors (Lipinski definition) is 1. The summed E-state index contributed by atoms with van der Waals surface area (Å²) >= 11 is 1.33. The molecule has 1 spiro atoms. The van der Waals surface area contributed by atoms with Crippen molar-refractivity contribution in [3.8, 4) is 0 Å². The molecule has 5 rings (SSSR count). The van der Waals surface area contributed by atoms with Crippen LogP contribution in [0.5, 0.6) is 0 Å². The van der Waals surface area contributed by atoms with Gasteiger partial charge in [0.15, 0.2) is 5.82 Å². The van der Waals surface area contributed by atoms with Gasteiger partial charge in [0.1, 0.15) is 11.3 Å². The third-order valence-corrected chi connectivity index (χ3v) is 7.00. The Bertz CT molecular complexity index is 1160. The standard InChI is InChI=1S/C23H24N6O3S/c1-15(30)29-12-23(13-29)10-18-8-17(11-24-21(18)26-22(23)32)2-3-20(31)28-6-4-16(5-7-28)9-19-25-14-33-27-19/h2-3,8-9,11,14H,4-7,10,12-13H2,1H3,(H,24,26,32)/b3-2+. The van der Waals surface area contributed by atoms with Gasteiger partial charge >= 0.3 is 0 Å². The van der Waals surface area contributed by atoms with Crippen molar-refractivity contribution < 1.29 is 14.4 Å². The van der Waals surface area contributed by atoms with Gasteiger partial charge in [-0.1, -0.05) is 5.57 Å². The lowest BCUT2D eigenvalue weighted by molar-refractivity contribution is -0.149. The van der Waals surface area contributed by atoms with Gasteiger partial charge in [0.25, 0.3) is 0 Å². The summed E-state index contributed by atoms with van der Waals surface area (Å²) in [5.74, 6) is 1.17. The predicted molar refractivity (Wildman–Crippen MR) is 124 cm³/mol. The van der Waals surface area contributed by atoms with Crippen LogP contribution in [0.25, 0.3) is 12.2 Å². The van der Waals surface area contributed by atoms with Crippen molar-refractivity contribution in [3.05, 3.63) is 46.4 Å². The van der Waals surface area contributed by atoms with E-state index in [1.165, 1.54) is 24.0 Å². The molecule has 9 nitrogen and oxygen atoms in total. The SMILES string of the molecule is CC(=O)N1CC2(Cc3cc(/C=C/C(=O)N4CCC(=Cc5ncsn5)CC4)cnc3NC2=O)C1. The first-order valence-electron chi connectivity index (χ1n) is 10.9. The maximum Gasteiger partial charge on any atom is 0.246 e. The number of carbonyl (C=O) groups is 3. The second-order valence-corrected chi connectivity index (χ2v) is 9.42. The number of anilines is 1. The van der Waals surface area contributed by atoms with E-state index in [1.807, 2.05) is 17.0 Å². The van der Waals surface area contributed by atoms with Crippen molar-refractivity contribution in [1.82, 2.24) is 24.1 Å². The molecule has 0 aliphatic carbocycles. The van der Waals surface area contributed by atoms with Crippen molar-refractivity contribution >= 4 is 47.2 Å². The summed E-state index contributed by atoms with van der Waals surface area (Å²) in [4.78, 5) is 48.9. The Balaban J connectivity index is 1.21. The van der Waals surface area contributed by atoms with Crippen LogP contribution in [0.4, 0.5) is 5.82 Å². The van der Waals surface area contributed by atoms with Crippen LogP contribution >= 0.6 is 11.5 Å². The highest BCUT2D eigenvalue weighted by Gasteiger charge is 2.52. The Morgan fingerprint density at radius 2 is 1.97 bits per heavy atom. The lowest BCUT2D eigenvalue weighted by atomic mass is 9.72. The molecule has 2 saturated heterocycles. The minimum Gasteiger partial charge on any atom is -0.341 e. The molecule has 1 N–H and O–H groups in total. The zero-order valence-electron chi connectivity index (χ0n) is 18.3. The molecule has 3 amide bonds. The maximum atomic E-state index is 12.7. The first kappa shape index (κ1) is 21.4. The number of aromatic nitrogens is 3. The zero-order chi connectivity index (χ0) is 23.0. The highest BCUT2D eigenvalue weighted by Crippen LogP contribution is 2.40. The van der Waals surface area contributed by atoms with E-state index in [0.29, 0.717) is 38.4 Å². The number of nitrogens with one attached hydrogen (secondary N) is 1. The van der Waals surface area contributed by atoms with E-state index in [2.05, 4.69) is 19.7 Å². The lowest BCUT2D eigenvalue weighted by Gasteiger charge is -2.50. The van der Waals surface area contributed by atoms with Crippen LogP contribution in [0.2, 0.25) is 0 Å². The molecule has 33 heavy (non-hydrogen) atoms. The minimum absolute atomic E-state index is 0.0207. The second kappa shape index (κ2) is 8.51. The number of fused-ring (bicyclic) bond motifs is 1. The molecule has 0 unspecified atom stereocenters. The number of carbonyl (C=O) groups excluding carboxylic acids is 3. The number of hydrogen-bond acceptors (Lipinski definition) is 7. The topological polar surface area (TPSA) is 108 Å². The normalized spacial score (nSPS) is 19.3. The summed E-state index contributed by atoms with van der Waals surface area (Å²) in [5, 5.41) is 2.87. The molecule has 0 saturated carbocycles. The zero-order valence-corrected chi connectivity index (χ0v) is 19.1. The molecule has 2 aromatic rings. The van der Waals surface area contributed by atoms with Gasteiger partial charge in [0.05, 0.1) is 5.41 Å². The second-order valence-electron chi connectivity index (χ2n) is 8.81. The van der Waals surface area contributed by atoms with Crippen molar-refractivity contribution in [2.75, 3.05) is 31.5 Å². The van der Waals surface area contributed by atoms with Gasteiger partial charge in [0.2, 0.25) is 17.7 Å². The first-order valence-corrected chi connectivity index (χ1v) is 11.7. The van der Waals surface area contributed by atoms with Gasteiger partial charge in [-0.2, -0.15) is 4.37 Å². The quantitative estimate of drug-likeness (QED) is 0.696. The Hall–Kier alpha value is -3.40. The van der Waals surface area contributed by atoms with E-state index < -0.39 is 5.41 Å². The summed E-state index contributed by atoms with van der Waals surface area (Å²) < 4.78 is 4.21. The number of rotatable bonds is 3. The van der Waals surface area contributed by atoms with Gasteiger partial charge in [-0.05, 0) is 60.1 Å². The molecule has 0 atom stereocenters. The Kier molecular flexibility index (Phi) is 5.53. The van der Waals surface area contributed by atoms with Crippen molar-refractivity contribution in [2.45, 2.75) is 26.2 Å². The molecular formula is C23H24N6O3S. The third-order valence-electron chi connectivity index (χ3n) is 6.51. The van der Waals surface area contributed by atoms with Crippen LogP contribution in [0.1, 0.15) is 36.7 Å². The lowest BCUT2D eigenvalue weighted by Crippen LogP contribution is -2.65. The monoisotopic (exact) mass is 464 g/mol. The fraction of sp³-hybridized carbons (Fsp3) is 0.391. The van der Waals surface area contributed by atoms with Crippen LogP contribution in [0.15, 0.2) is 29.4 Å². The average molecular weight is 465 g/mol. The molecule has 0 aromatic carbocycles. The molecule has 170 valence electrons. The fourth-order valence-electron chi connectivity index (χ4n) is 4.57. The summed E-state index contributed by atoms with van der Waals surface area (Å²) in [6, 6.07) is 1.96. The molecule has 2 aromatic heterocycles. The van der Waals surface area contributed by atoms with Crippen LogP contribution in [0.3, 0.4) is 0 Å². The largest absolute Gasteiger partial charge is 0.341 e. The molecule has 10 heteroatoms. The van der Waals surface area contributed by atoms with E-state index in [-0.39, 0.29) is 17.7 Å². The minimum atomic E-state index is -0.578. The smallest absolute Gasteiger partial charge is 0.246 e. The Morgan fingerprint density at radius 1 is 1.18 bits per heavy atom. The number of pyridine rings is 1. The third kappa shape index (κ3) is 4.30. The van der Waals surface area contributed by atoms with Gasteiger partial charge in [0, 0.05) is 45.4 Å². The van der Waals surface area contributed by atoms with E-state index in [1.54, 1.807) is 28.8 Å². The first-order chi connectivity index (χ1) is 15.9. The Morgan fingerprint density at radius 3 is 2.67 bits per heavy atom. The number of likely N-dealkylation sites (tertiary alicyclic amines) is 2. The molecule has 2 fully saturated rings. The summed E-state index contributed by atoms with van der Waals surface area (Å²) in [6.45, 7) is 3.71. The van der Waals surface area contributed by atoms with Crippen LogP contribution < -0.4 is 5.32 Å². The van der Waals surface area contributed by atoms with Crippen LogP contribution in [-0.2, 0) is 20.8 Å². The van der Waals surface area contributed by atoms with Gasteiger partial charge in [-0.15, -0.1) is 0 Å². The van der Waals surface area contributed by atoms with Gasteiger partial charge in [-0.25, -0.2) is 9.97 Å². The predicted octanol–water partition coefficient (Wildman–Crippen LogP) is 2.00. The van der Waals surface area contributed by atoms with Crippen molar-refractivity contribution in [2.24, 2.45) is 5.41 Å². The van der Waals surface area contributed by atoms with E-state index in [0.717, 1.165) is 29.8 Å². The van der Waals surface area contributed by atoms with Crippen molar-refractivity contribution in [1.29, 1.82) is 0 Å². The molecule has 0 radical (unpaired) electrons. The maximum absolute atomic E-state index is 12.7. The van der Waals surface area contributed by atoms with Gasteiger partial charge < -0.3 is 15.1 Å². The highest BCUT2D eigenvalue weighted by molar-refractivity contribution is 7.03. The van der Waals surface area contributed by atoms with Crippen LogP contribution in [0, 0.1) is 5.41 Å². The van der Waals surface area contributed by atoms with E-state index in [4.69, 9.17) is 0 Å². The van der Waals surface area contributed by atoms with Crippen LogP contribution in [-0.4, -0.2) is 68.0 Å². The number of amides is 3. The van der Waals surface area contributed by atoms with Crippen molar-refractivity contribution in [3.63, 3.8) is 0 Å². The van der Waals surface area contributed by atoms with Gasteiger partial charge in [-0.3, -0.25) is 14.4 Å². The highest BCUT2D eigenvalue weighted by atomic mass is 32.1. The molecule has 0 bridgehead atoms. The number of nitrogens with zero attached hydrogens (tertiary/aromatic N) is 5. The summed E-state index contributed by atoms with van der Waals surface area (Å²) in [5.41, 5.74) is 4.13. The summed E-state index contributed by atoms with van der Waals surface area (Å²) in [7, 11) is 0. The number of piperidine rings is 1. The summed E-state index contributed by atoms with van der Waals surface area (Å²) in [6.07, 6.45) is 9.19. The molecular weight excluding hydrogens is 440 g/mol. The molecule has 5 heterocycles. The van der Waals surface area contributed by atoms with E-state index >= 15 is 0 Å². The van der Waals surface area contributed by atoms with E-state index in [9.17, 15) is 14.4 Å².